The molecule has 0 aliphatic carbocycles. The quantitative estimate of drug-likeness (QED) is 0.900. The van der Waals surface area contributed by atoms with E-state index in [0.717, 1.165) is 30.8 Å². The van der Waals surface area contributed by atoms with Gasteiger partial charge in [0.2, 0.25) is 10.0 Å². The van der Waals surface area contributed by atoms with Crippen molar-refractivity contribution in [3.8, 4) is 0 Å². The van der Waals surface area contributed by atoms with E-state index in [9.17, 15) is 17.2 Å². The number of nitrogens with zero attached hydrogens (tertiary/aromatic N) is 1. The molecule has 24 heavy (non-hydrogen) atoms. The highest BCUT2D eigenvalue weighted by Gasteiger charge is 2.24. The maximum Gasteiger partial charge on any atom is 0.240 e. The van der Waals surface area contributed by atoms with Crippen LogP contribution >= 0.6 is 0 Å². The van der Waals surface area contributed by atoms with E-state index in [1.165, 1.54) is 5.56 Å². The fourth-order valence-corrected chi connectivity index (χ4v) is 4.09. The molecule has 2 aromatic rings. The van der Waals surface area contributed by atoms with Crippen molar-refractivity contribution in [3.05, 3.63) is 59.7 Å². The zero-order chi connectivity index (χ0) is 17.3. The molecule has 0 fully saturated rings. The summed E-state index contributed by atoms with van der Waals surface area (Å²) < 4.78 is 53.4. The molecule has 3 rings (SSSR count). The number of sulfonamides is 1. The summed E-state index contributed by atoms with van der Waals surface area (Å²) in [5.41, 5.74) is 2.33. The molecule has 0 saturated carbocycles. The maximum atomic E-state index is 13.2. The minimum Gasteiger partial charge on any atom is -0.367 e. The fraction of sp³-hybridized carbons (Fsp3) is 0.294. The molecule has 7 heteroatoms. The molecule has 1 unspecified atom stereocenters. The van der Waals surface area contributed by atoms with E-state index < -0.39 is 26.6 Å². The molecule has 1 aliphatic heterocycles. The highest BCUT2D eigenvalue weighted by Crippen LogP contribution is 2.29. The smallest absolute Gasteiger partial charge is 0.240 e. The van der Waals surface area contributed by atoms with Crippen LogP contribution in [0.2, 0.25) is 0 Å². The summed E-state index contributed by atoms with van der Waals surface area (Å²) in [7, 11) is -3.96. The van der Waals surface area contributed by atoms with Gasteiger partial charge in [0.05, 0.1) is 4.90 Å². The largest absolute Gasteiger partial charge is 0.367 e. The molecule has 0 bridgehead atoms. The Bertz CT molecular complexity index is 835. The van der Waals surface area contributed by atoms with Gasteiger partial charge in [0.15, 0.2) is 0 Å². The standard InChI is InChI=1S/C17H18F2N2O2S/c1-12(21-7-6-13-4-2-3-5-17(13)21)11-20-24(22,23)16-9-14(18)8-15(19)10-16/h2-5,8-10,12,20H,6-7,11H2,1H3. The highest BCUT2D eigenvalue weighted by molar-refractivity contribution is 7.89. The van der Waals surface area contributed by atoms with Crippen LogP contribution in [0, 0.1) is 11.6 Å². The monoisotopic (exact) mass is 352 g/mol. The first-order valence-corrected chi connectivity index (χ1v) is 9.15. The Hall–Kier alpha value is -1.99. The Morgan fingerprint density at radius 1 is 1.17 bits per heavy atom. The zero-order valence-electron chi connectivity index (χ0n) is 13.2. The molecule has 4 nitrogen and oxygen atoms in total. The lowest BCUT2D eigenvalue weighted by Crippen LogP contribution is -2.41. The van der Waals surface area contributed by atoms with Crippen LogP contribution in [0.25, 0.3) is 0 Å². The first kappa shape index (κ1) is 16.9. The van der Waals surface area contributed by atoms with Gasteiger partial charge in [-0.2, -0.15) is 0 Å². The van der Waals surface area contributed by atoms with Crippen molar-refractivity contribution in [1.82, 2.24) is 4.72 Å². The predicted molar refractivity (Wildman–Crippen MR) is 88.5 cm³/mol. The lowest BCUT2D eigenvalue weighted by Gasteiger charge is -2.27. The van der Waals surface area contributed by atoms with Crippen LogP contribution < -0.4 is 9.62 Å². The van der Waals surface area contributed by atoms with Gasteiger partial charge >= 0.3 is 0 Å². The zero-order valence-corrected chi connectivity index (χ0v) is 14.0. The highest BCUT2D eigenvalue weighted by atomic mass is 32.2. The van der Waals surface area contributed by atoms with E-state index in [1.807, 2.05) is 25.1 Å². The second-order valence-electron chi connectivity index (χ2n) is 5.88. The topological polar surface area (TPSA) is 49.4 Å². The summed E-state index contributed by atoms with van der Waals surface area (Å²) in [5, 5.41) is 0. The van der Waals surface area contributed by atoms with Gasteiger partial charge in [0, 0.05) is 30.9 Å². The minimum absolute atomic E-state index is 0.0816. The third-order valence-electron chi connectivity index (χ3n) is 4.17. The number of halogens is 2. The lowest BCUT2D eigenvalue weighted by molar-refractivity contribution is 0.554. The van der Waals surface area contributed by atoms with Gasteiger partial charge in [-0.25, -0.2) is 21.9 Å². The molecule has 2 aromatic carbocycles. The lowest BCUT2D eigenvalue weighted by atomic mass is 10.2. The molecule has 1 heterocycles. The Kier molecular flexibility index (Phi) is 4.56. The van der Waals surface area contributed by atoms with Crippen LogP contribution in [0.1, 0.15) is 12.5 Å². The van der Waals surface area contributed by atoms with Crippen molar-refractivity contribution in [2.45, 2.75) is 24.3 Å². The third-order valence-corrected chi connectivity index (χ3v) is 5.57. The minimum atomic E-state index is -3.96. The molecule has 128 valence electrons. The summed E-state index contributed by atoms with van der Waals surface area (Å²) in [6.45, 7) is 2.88. The summed E-state index contributed by atoms with van der Waals surface area (Å²) in [6, 6.07) is 10.2. The van der Waals surface area contributed by atoms with Gasteiger partial charge in [0.1, 0.15) is 11.6 Å². The van der Waals surface area contributed by atoms with Crippen LogP contribution in [0.4, 0.5) is 14.5 Å². The summed E-state index contributed by atoms with van der Waals surface area (Å²) in [5.74, 6) is -1.84. The van der Waals surface area contributed by atoms with Crippen molar-refractivity contribution in [1.29, 1.82) is 0 Å². The van der Waals surface area contributed by atoms with Crippen molar-refractivity contribution in [2.75, 3.05) is 18.0 Å². The molecule has 1 N–H and O–H groups in total. The van der Waals surface area contributed by atoms with Crippen LogP contribution in [0.15, 0.2) is 47.4 Å². The number of para-hydroxylation sites is 1. The molecule has 0 aromatic heterocycles. The summed E-state index contributed by atoms with van der Waals surface area (Å²) in [4.78, 5) is 1.72. The van der Waals surface area contributed by atoms with Crippen molar-refractivity contribution in [2.24, 2.45) is 0 Å². The van der Waals surface area contributed by atoms with E-state index in [-0.39, 0.29) is 12.6 Å². The number of hydrogen-bond donors (Lipinski definition) is 1. The fourth-order valence-electron chi connectivity index (χ4n) is 2.93. The molecular weight excluding hydrogens is 334 g/mol. The average molecular weight is 352 g/mol. The summed E-state index contributed by atoms with van der Waals surface area (Å²) in [6.07, 6.45) is 0.919. The van der Waals surface area contributed by atoms with Gasteiger partial charge < -0.3 is 4.90 Å². The molecule has 1 atom stereocenters. The number of benzene rings is 2. The van der Waals surface area contributed by atoms with Gasteiger partial charge in [-0.1, -0.05) is 18.2 Å². The molecule has 0 amide bonds. The van der Waals surface area contributed by atoms with Gasteiger partial charge in [0.25, 0.3) is 0 Å². The number of hydrogen-bond acceptors (Lipinski definition) is 3. The second kappa shape index (κ2) is 6.49. The Balaban J connectivity index is 1.71. The van der Waals surface area contributed by atoms with Crippen molar-refractivity contribution in [3.63, 3.8) is 0 Å². The maximum absolute atomic E-state index is 13.2. The van der Waals surface area contributed by atoms with Crippen molar-refractivity contribution >= 4 is 15.7 Å². The van der Waals surface area contributed by atoms with Crippen LogP contribution in [0.5, 0.6) is 0 Å². The predicted octanol–water partition coefficient (Wildman–Crippen LogP) is 2.69. The van der Waals surface area contributed by atoms with Crippen LogP contribution in [0.3, 0.4) is 0 Å². The number of fused-ring (bicyclic) bond motifs is 1. The average Bonchev–Trinajstić information content (AvgIpc) is 2.96. The Morgan fingerprint density at radius 2 is 1.83 bits per heavy atom. The van der Waals surface area contributed by atoms with E-state index in [1.54, 1.807) is 0 Å². The number of rotatable bonds is 5. The van der Waals surface area contributed by atoms with Gasteiger partial charge in [-0.05, 0) is 37.1 Å². The van der Waals surface area contributed by atoms with E-state index in [4.69, 9.17) is 0 Å². The van der Waals surface area contributed by atoms with Crippen molar-refractivity contribution < 1.29 is 17.2 Å². The van der Waals surface area contributed by atoms with Crippen LogP contribution in [-0.2, 0) is 16.4 Å². The normalized spacial score (nSPS) is 15.4. The van der Waals surface area contributed by atoms with E-state index in [2.05, 4.69) is 15.7 Å². The number of nitrogens with one attached hydrogen (secondary N) is 1. The van der Waals surface area contributed by atoms with Gasteiger partial charge in [-0.15, -0.1) is 0 Å². The second-order valence-corrected chi connectivity index (χ2v) is 7.65. The number of anilines is 1. The SMILES string of the molecule is CC(CNS(=O)(=O)c1cc(F)cc(F)c1)N1CCc2ccccc21. The Labute approximate surface area is 140 Å². The van der Waals surface area contributed by atoms with Gasteiger partial charge in [-0.3, -0.25) is 0 Å². The molecular formula is C17H18F2N2O2S. The molecule has 1 aliphatic rings. The Morgan fingerprint density at radius 3 is 2.54 bits per heavy atom. The first-order valence-electron chi connectivity index (χ1n) is 7.67. The first-order chi connectivity index (χ1) is 11.4. The molecule has 0 radical (unpaired) electrons. The summed E-state index contributed by atoms with van der Waals surface area (Å²) >= 11 is 0. The molecule has 0 spiro atoms. The molecule has 0 saturated heterocycles. The van der Waals surface area contributed by atoms with Crippen LogP contribution in [-0.4, -0.2) is 27.5 Å². The third kappa shape index (κ3) is 3.42. The van der Waals surface area contributed by atoms with E-state index >= 15 is 0 Å². The van der Waals surface area contributed by atoms with E-state index in [0.29, 0.717) is 6.07 Å².